The van der Waals surface area contributed by atoms with Crippen LogP contribution in [0.3, 0.4) is 0 Å². The highest BCUT2D eigenvalue weighted by Gasteiger charge is 2.33. The minimum absolute atomic E-state index is 0.585. The Morgan fingerprint density at radius 2 is 2.43 bits per heavy atom. The lowest BCUT2D eigenvalue weighted by Gasteiger charge is -2.21. The molecular weight excluding hydrogens is 180 g/mol. The maximum Gasteiger partial charge on any atom is 0.137 e. The molecule has 0 amide bonds. The summed E-state index contributed by atoms with van der Waals surface area (Å²) in [5.74, 6) is 0.683. The number of β-amino-alcohol motifs (C(OH)–C–C–N with tert-alkyl or cyclic N) is 1. The van der Waals surface area contributed by atoms with Crippen molar-refractivity contribution >= 4 is 0 Å². The van der Waals surface area contributed by atoms with E-state index in [2.05, 4.69) is 10.3 Å². The van der Waals surface area contributed by atoms with Crippen LogP contribution in [0.15, 0.2) is 18.5 Å². The molecule has 1 atom stereocenters. The lowest BCUT2D eigenvalue weighted by molar-refractivity contribution is 0.0581. The molecule has 1 fully saturated rings. The van der Waals surface area contributed by atoms with Crippen LogP contribution in [-0.2, 0) is 5.60 Å². The molecule has 1 aliphatic heterocycles. The SMILES string of the molecule is COc1cncc([C@@]2(O)CCNC2)c1. The fourth-order valence-corrected chi connectivity index (χ4v) is 1.71. The summed E-state index contributed by atoms with van der Waals surface area (Å²) in [6.07, 6.45) is 4.05. The van der Waals surface area contributed by atoms with E-state index in [1.165, 1.54) is 0 Å². The predicted octanol–water partition coefficient (Wildman–Crippen LogP) is 0.271. The number of hydrogen-bond donors (Lipinski definition) is 2. The van der Waals surface area contributed by atoms with Crippen LogP contribution in [0.2, 0.25) is 0 Å². The van der Waals surface area contributed by atoms with Crippen LogP contribution in [0, 0.1) is 0 Å². The van der Waals surface area contributed by atoms with Crippen molar-refractivity contribution in [2.75, 3.05) is 20.2 Å². The lowest BCUT2D eigenvalue weighted by atomic mass is 9.95. The van der Waals surface area contributed by atoms with Crippen molar-refractivity contribution < 1.29 is 9.84 Å². The van der Waals surface area contributed by atoms with E-state index in [9.17, 15) is 5.11 Å². The third-order valence-electron chi connectivity index (χ3n) is 2.62. The van der Waals surface area contributed by atoms with Gasteiger partial charge in [0.25, 0.3) is 0 Å². The summed E-state index contributed by atoms with van der Waals surface area (Å²) in [6.45, 7) is 1.43. The molecule has 0 bridgehead atoms. The van der Waals surface area contributed by atoms with E-state index in [0.29, 0.717) is 12.3 Å². The fraction of sp³-hybridized carbons (Fsp3) is 0.500. The Labute approximate surface area is 82.9 Å². The van der Waals surface area contributed by atoms with Gasteiger partial charge in [-0.15, -0.1) is 0 Å². The summed E-state index contributed by atoms with van der Waals surface area (Å²) < 4.78 is 5.07. The summed E-state index contributed by atoms with van der Waals surface area (Å²) in [7, 11) is 1.59. The summed E-state index contributed by atoms with van der Waals surface area (Å²) in [6, 6.07) is 1.83. The van der Waals surface area contributed by atoms with E-state index in [4.69, 9.17) is 4.74 Å². The number of pyridine rings is 1. The van der Waals surface area contributed by atoms with Gasteiger partial charge in [0.05, 0.1) is 13.3 Å². The average molecular weight is 194 g/mol. The van der Waals surface area contributed by atoms with E-state index in [-0.39, 0.29) is 0 Å². The summed E-state index contributed by atoms with van der Waals surface area (Å²) in [4.78, 5) is 4.03. The Morgan fingerprint density at radius 3 is 3.07 bits per heavy atom. The van der Waals surface area contributed by atoms with Crippen LogP contribution >= 0.6 is 0 Å². The maximum atomic E-state index is 10.2. The second-order valence-corrected chi connectivity index (χ2v) is 3.57. The molecule has 0 spiro atoms. The summed E-state index contributed by atoms with van der Waals surface area (Å²) >= 11 is 0. The largest absolute Gasteiger partial charge is 0.495 e. The van der Waals surface area contributed by atoms with Gasteiger partial charge < -0.3 is 15.2 Å². The van der Waals surface area contributed by atoms with Crippen LogP contribution in [0.25, 0.3) is 0 Å². The van der Waals surface area contributed by atoms with Gasteiger partial charge in [-0.3, -0.25) is 4.98 Å². The van der Waals surface area contributed by atoms with E-state index in [1.54, 1.807) is 19.5 Å². The highest BCUT2D eigenvalue weighted by Crippen LogP contribution is 2.28. The first-order valence-corrected chi connectivity index (χ1v) is 4.67. The Bertz CT molecular complexity index is 322. The van der Waals surface area contributed by atoms with Crippen molar-refractivity contribution in [3.63, 3.8) is 0 Å². The number of hydrogen-bond acceptors (Lipinski definition) is 4. The Kier molecular flexibility index (Phi) is 2.39. The van der Waals surface area contributed by atoms with Crippen molar-refractivity contribution in [1.82, 2.24) is 10.3 Å². The zero-order valence-corrected chi connectivity index (χ0v) is 8.16. The van der Waals surface area contributed by atoms with Gasteiger partial charge in [-0.05, 0) is 19.0 Å². The molecule has 76 valence electrons. The highest BCUT2D eigenvalue weighted by molar-refractivity contribution is 5.29. The van der Waals surface area contributed by atoms with Crippen LogP contribution in [0.5, 0.6) is 5.75 Å². The minimum Gasteiger partial charge on any atom is -0.495 e. The minimum atomic E-state index is -0.776. The van der Waals surface area contributed by atoms with E-state index in [1.807, 2.05) is 6.07 Å². The van der Waals surface area contributed by atoms with Crippen molar-refractivity contribution in [2.45, 2.75) is 12.0 Å². The van der Waals surface area contributed by atoms with E-state index in [0.717, 1.165) is 18.5 Å². The van der Waals surface area contributed by atoms with Gasteiger partial charge in [-0.25, -0.2) is 0 Å². The van der Waals surface area contributed by atoms with Crippen LogP contribution < -0.4 is 10.1 Å². The van der Waals surface area contributed by atoms with Gasteiger partial charge >= 0.3 is 0 Å². The van der Waals surface area contributed by atoms with Crippen molar-refractivity contribution in [3.8, 4) is 5.75 Å². The lowest BCUT2D eigenvalue weighted by Crippen LogP contribution is -2.28. The third-order valence-corrected chi connectivity index (χ3v) is 2.62. The molecule has 2 N–H and O–H groups in total. The highest BCUT2D eigenvalue weighted by atomic mass is 16.5. The summed E-state index contributed by atoms with van der Waals surface area (Å²) in [5.41, 5.74) is 0.0449. The molecule has 4 nitrogen and oxygen atoms in total. The molecule has 1 aromatic heterocycles. The molecule has 1 saturated heterocycles. The zero-order chi connectivity index (χ0) is 10.0. The third kappa shape index (κ3) is 1.58. The molecule has 0 aromatic carbocycles. The topological polar surface area (TPSA) is 54.4 Å². The molecule has 4 heteroatoms. The molecule has 0 unspecified atom stereocenters. The van der Waals surface area contributed by atoms with E-state index < -0.39 is 5.60 Å². The number of nitrogens with one attached hydrogen (secondary N) is 1. The number of ether oxygens (including phenoxy) is 1. The van der Waals surface area contributed by atoms with Crippen LogP contribution in [-0.4, -0.2) is 30.3 Å². The number of aliphatic hydroxyl groups is 1. The first-order chi connectivity index (χ1) is 6.74. The Hall–Kier alpha value is -1.13. The Balaban J connectivity index is 2.30. The van der Waals surface area contributed by atoms with Gasteiger partial charge in [0.1, 0.15) is 11.4 Å². The van der Waals surface area contributed by atoms with Crippen molar-refractivity contribution in [3.05, 3.63) is 24.0 Å². The molecule has 1 aliphatic rings. The zero-order valence-electron chi connectivity index (χ0n) is 8.16. The molecule has 2 rings (SSSR count). The van der Waals surface area contributed by atoms with Gasteiger partial charge in [-0.1, -0.05) is 0 Å². The van der Waals surface area contributed by atoms with Crippen LogP contribution in [0.4, 0.5) is 0 Å². The number of aromatic nitrogens is 1. The molecule has 2 heterocycles. The monoisotopic (exact) mass is 194 g/mol. The van der Waals surface area contributed by atoms with Crippen LogP contribution in [0.1, 0.15) is 12.0 Å². The van der Waals surface area contributed by atoms with Crippen molar-refractivity contribution in [2.24, 2.45) is 0 Å². The maximum absolute atomic E-state index is 10.2. The van der Waals surface area contributed by atoms with E-state index >= 15 is 0 Å². The fourth-order valence-electron chi connectivity index (χ4n) is 1.71. The standard InChI is InChI=1S/C10H14N2O2/c1-14-9-4-8(5-12-6-9)10(13)2-3-11-7-10/h4-6,11,13H,2-3,7H2,1H3/t10-/m1/s1. The predicted molar refractivity (Wildman–Crippen MR) is 52.2 cm³/mol. The summed E-state index contributed by atoms with van der Waals surface area (Å²) in [5, 5.41) is 13.4. The molecule has 0 saturated carbocycles. The molecular formula is C10H14N2O2. The molecule has 14 heavy (non-hydrogen) atoms. The van der Waals surface area contributed by atoms with Gasteiger partial charge in [-0.2, -0.15) is 0 Å². The smallest absolute Gasteiger partial charge is 0.137 e. The van der Waals surface area contributed by atoms with Crippen molar-refractivity contribution in [1.29, 1.82) is 0 Å². The molecule has 0 radical (unpaired) electrons. The average Bonchev–Trinajstić information content (AvgIpc) is 2.67. The van der Waals surface area contributed by atoms with Gasteiger partial charge in [0, 0.05) is 18.3 Å². The number of rotatable bonds is 2. The first kappa shape index (κ1) is 9.43. The van der Waals surface area contributed by atoms with Gasteiger partial charge in [0.2, 0.25) is 0 Å². The quantitative estimate of drug-likeness (QED) is 0.709. The molecule has 0 aliphatic carbocycles. The second-order valence-electron chi connectivity index (χ2n) is 3.57. The number of nitrogens with zero attached hydrogens (tertiary/aromatic N) is 1. The Morgan fingerprint density at radius 1 is 1.57 bits per heavy atom. The number of methoxy groups -OCH3 is 1. The van der Waals surface area contributed by atoms with Gasteiger partial charge in [0.15, 0.2) is 0 Å². The molecule has 1 aromatic rings. The first-order valence-electron chi connectivity index (χ1n) is 4.67. The normalized spacial score (nSPS) is 26.4. The second kappa shape index (κ2) is 3.55.